The van der Waals surface area contributed by atoms with E-state index in [1.165, 1.54) is 6.07 Å². The Morgan fingerprint density at radius 1 is 1.37 bits per heavy atom. The molecule has 108 valence electrons. The van der Waals surface area contributed by atoms with Gasteiger partial charge in [-0.2, -0.15) is 0 Å². The average Bonchev–Trinajstić information content (AvgIpc) is 2.31. The van der Waals surface area contributed by atoms with Crippen LogP contribution in [0, 0.1) is 11.2 Å². The zero-order valence-electron chi connectivity index (χ0n) is 12.4. The highest BCUT2D eigenvalue weighted by Crippen LogP contribution is 2.29. The molecule has 0 aliphatic rings. The van der Waals surface area contributed by atoms with Gasteiger partial charge in [-0.1, -0.05) is 51.8 Å². The fourth-order valence-corrected chi connectivity index (χ4v) is 2.58. The van der Waals surface area contributed by atoms with Crippen molar-refractivity contribution in [2.24, 2.45) is 5.41 Å². The minimum Gasteiger partial charge on any atom is -0.314 e. The molecule has 0 aliphatic heterocycles. The van der Waals surface area contributed by atoms with Gasteiger partial charge in [0, 0.05) is 17.6 Å². The molecule has 1 N–H and O–H groups in total. The van der Waals surface area contributed by atoms with Crippen LogP contribution in [0.1, 0.15) is 46.1 Å². The molecule has 1 aromatic carbocycles. The fraction of sp³-hybridized carbons (Fsp3) is 0.625. The second kappa shape index (κ2) is 7.25. The third kappa shape index (κ3) is 5.50. The standard InChI is InChI=1S/C16H25ClFN/c1-5-8-16(4,11-19-12(2)3)10-13-6-7-14(17)9-15(13)18/h6-7,9,12,19H,5,8,10-11H2,1-4H3. The topological polar surface area (TPSA) is 12.0 Å². The summed E-state index contributed by atoms with van der Waals surface area (Å²) in [7, 11) is 0. The maximum Gasteiger partial charge on any atom is 0.127 e. The maximum absolute atomic E-state index is 13.9. The van der Waals surface area contributed by atoms with Crippen molar-refractivity contribution in [1.82, 2.24) is 5.32 Å². The van der Waals surface area contributed by atoms with Crippen LogP contribution in [0.3, 0.4) is 0 Å². The summed E-state index contributed by atoms with van der Waals surface area (Å²) in [6.07, 6.45) is 2.92. The summed E-state index contributed by atoms with van der Waals surface area (Å²) in [4.78, 5) is 0. The minimum atomic E-state index is -0.195. The van der Waals surface area contributed by atoms with E-state index < -0.39 is 0 Å². The molecule has 0 radical (unpaired) electrons. The van der Waals surface area contributed by atoms with E-state index in [-0.39, 0.29) is 11.2 Å². The first kappa shape index (κ1) is 16.5. The van der Waals surface area contributed by atoms with E-state index in [2.05, 4.69) is 33.0 Å². The van der Waals surface area contributed by atoms with Gasteiger partial charge in [-0.25, -0.2) is 4.39 Å². The van der Waals surface area contributed by atoms with Crippen LogP contribution in [-0.4, -0.2) is 12.6 Å². The van der Waals surface area contributed by atoms with Crippen LogP contribution in [0.15, 0.2) is 18.2 Å². The van der Waals surface area contributed by atoms with Gasteiger partial charge in [0.2, 0.25) is 0 Å². The summed E-state index contributed by atoms with van der Waals surface area (Å²) < 4.78 is 13.9. The molecule has 0 saturated carbocycles. The van der Waals surface area contributed by atoms with Gasteiger partial charge in [0.15, 0.2) is 0 Å². The smallest absolute Gasteiger partial charge is 0.127 e. The zero-order valence-corrected chi connectivity index (χ0v) is 13.1. The molecule has 0 aromatic heterocycles. The van der Waals surface area contributed by atoms with Crippen molar-refractivity contribution >= 4 is 11.6 Å². The molecule has 1 nitrogen and oxygen atoms in total. The predicted molar refractivity (Wildman–Crippen MR) is 81.3 cm³/mol. The molecule has 0 amide bonds. The number of nitrogens with one attached hydrogen (secondary N) is 1. The van der Waals surface area contributed by atoms with E-state index in [9.17, 15) is 4.39 Å². The summed E-state index contributed by atoms with van der Waals surface area (Å²) in [6.45, 7) is 9.57. The van der Waals surface area contributed by atoms with Crippen LogP contribution in [0.2, 0.25) is 5.02 Å². The first-order chi connectivity index (χ1) is 8.86. The number of hydrogen-bond donors (Lipinski definition) is 1. The number of rotatable bonds is 7. The first-order valence-corrected chi connectivity index (χ1v) is 7.41. The predicted octanol–water partition coefficient (Wildman–Crippen LogP) is 4.83. The van der Waals surface area contributed by atoms with Gasteiger partial charge in [-0.05, 0) is 36.0 Å². The second-order valence-electron chi connectivity index (χ2n) is 6.01. The van der Waals surface area contributed by atoms with Gasteiger partial charge < -0.3 is 5.32 Å². The summed E-state index contributed by atoms with van der Waals surface area (Å²) in [5.41, 5.74) is 0.833. The Kier molecular flexibility index (Phi) is 6.28. The van der Waals surface area contributed by atoms with Crippen LogP contribution in [0.25, 0.3) is 0 Å². The highest BCUT2D eigenvalue weighted by molar-refractivity contribution is 6.30. The zero-order chi connectivity index (χ0) is 14.5. The number of benzene rings is 1. The third-order valence-corrected chi connectivity index (χ3v) is 3.66. The van der Waals surface area contributed by atoms with Gasteiger partial charge in [-0.15, -0.1) is 0 Å². The summed E-state index contributed by atoms with van der Waals surface area (Å²) in [5, 5.41) is 3.93. The minimum absolute atomic E-state index is 0.0771. The Morgan fingerprint density at radius 2 is 2.05 bits per heavy atom. The van der Waals surface area contributed by atoms with Gasteiger partial charge in [0.25, 0.3) is 0 Å². The second-order valence-corrected chi connectivity index (χ2v) is 6.45. The molecule has 1 unspecified atom stereocenters. The summed E-state index contributed by atoms with van der Waals surface area (Å²) in [5.74, 6) is -0.195. The van der Waals surface area contributed by atoms with Gasteiger partial charge in [0.05, 0.1) is 0 Å². The van der Waals surface area contributed by atoms with Crippen molar-refractivity contribution in [2.45, 2.75) is 53.0 Å². The van der Waals surface area contributed by atoms with Crippen LogP contribution in [0.4, 0.5) is 4.39 Å². The van der Waals surface area contributed by atoms with E-state index in [4.69, 9.17) is 11.6 Å². The molecule has 1 atom stereocenters. The van der Waals surface area contributed by atoms with Crippen LogP contribution in [-0.2, 0) is 6.42 Å². The van der Waals surface area contributed by atoms with Gasteiger partial charge in [0.1, 0.15) is 5.82 Å². The Morgan fingerprint density at radius 3 is 2.58 bits per heavy atom. The Hall–Kier alpha value is -0.600. The van der Waals surface area contributed by atoms with Crippen molar-refractivity contribution in [1.29, 1.82) is 0 Å². The van der Waals surface area contributed by atoms with Crippen LogP contribution >= 0.6 is 11.6 Å². The third-order valence-electron chi connectivity index (χ3n) is 3.42. The first-order valence-electron chi connectivity index (χ1n) is 7.03. The molecule has 3 heteroatoms. The Labute approximate surface area is 121 Å². The van der Waals surface area contributed by atoms with E-state index in [0.717, 1.165) is 31.4 Å². The lowest BCUT2D eigenvalue weighted by molar-refractivity contribution is 0.264. The van der Waals surface area contributed by atoms with E-state index >= 15 is 0 Å². The molecule has 0 aliphatic carbocycles. The van der Waals surface area contributed by atoms with Crippen molar-refractivity contribution in [3.8, 4) is 0 Å². The molecule has 0 saturated heterocycles. The lowest BCUT2D eigenvalue weighted by Gasteiger charge is -2.31. The maximum atomic E-state index is 13.9. The van der Waals surface area contributed by atoms with Crippen molar-refractivity contribution in [2.75, 3.05) is 6.54 Å². The van der Waals surface area contributed by atoms with E-state index in [1.54, 1.807) is 12.1 Å². The average molecular weight is 286 g/mol. The molecule has 0 bridgehead atoms. The normalized spacial score (nSPS) is 14.7. The molecular formula is C16H25ClFN. The van der Waals surface area contributed by atoms with Gasteiger partial charge in [-0.3, -0.25) is 0 Å². The molecule has 0 heterocycles. The molecule has 1 aromatic rings. The summed E-state index contributed by atoms with van der Waals surface area (Å²) in [6, 6.07) is 5.42. The number of halogens is 2. The number of hydrogen-bond acceptors (Lipinski definition) is 1. The van der Waals surface area contributed by atoms with E-state index in [1.807, 2.05) is 0 Å². The fourth-order valence-electron chi connectivity index (χ4n) is 2.42. The van der Waals surface area contributed by atoms with Crippen LogP contribution in [0.5, 0.6) is 0 Å². The van der Waals surface area contributed by atoms with Crippen LogP contribution < -0.4 is 5.32 Å². The summed E-state index contributed by atoms with van der Waals surface area (Å²) >= 11 is 5.80. The largest absolute Gasteiger partial charge is 0.314 e. The SMILES string of the molecule is CCCC(C)(CNC(C)C)Cc1ccc(Cl)cc1F. The quantitative estimate of drug-likeness (QED) is 0.757. The van der Waals surface area contributed by atoms with E-state index in [0.29, 0.717) is 11.1 Å². The highest BCUT2D eigenvalue weighted by atomic mass is 35.5. The Balaban J connectivity index is 2.81. The van der Waals surface area contributed by atoms with Crippen molar-refractivity contribution < 1.29 is 4.39 Å². The van der Waals surface area contributed by atoms with Gasteiger partial charge >= 0.3 is 0 Å². The van der Waals surface area contributed by atoms with Crippen molar-refractivity contribution in [3.63, 3.8) is 0 Å². The molecule has 0 spiro atoms. The molecule has 19 heavy (non-hydrogen) atoms. The molecular weight excluding hydrogens is 261 g/mol. The Bertz CT molecular complexity index is 406. The monoisotopic (exact) mass is 285 g/mol. The lowest BCUT2D eigenvalue weighted by Crippen LogP contribution is -2.37. The molecule has 1 rings (SSSR count). The molecule has 0 fully saturated rings. The highest BCUT2D eigenvalue weighted by Gasteiger charge is 2.25. The van der Waals surface area contributed by atoms with Crippen molar-refractivity contribution in [3.05, 3.63) is 34.6 Å². The lowest BCUT2D eigenvalue weighted by atomic mass is 9.79.